The Balaban J connectivity index is 3.86. The first-order chi connectivity index (χ1) is 4.57. The van der Waals surface area contributed by atoms with E-state index in [1.165, 1.54) is 6.92 Å². The van der Waals surface area contributed by atoms with Crippen molar-refractivity contribution in [2.75, 3.05) is 0 Å². The summed E-state index contributed by atoms with van der Waals surface area (Å²) in [6, 6.07) is 0. The van der Waals surface area contributed by atoms with Crippen LogP contribution in [-0.4, -0.2) is 16.8 Å². The molecule has 56 valence electrons. The third-order valence-corrected chi connectivity index (χ3v) is 0.831. The molecule has 0 amide bonds. The minimum absolute atomic E-state index is 0.278. The lowest BCUT2D eigenvalue weighted by atomic mass is 10.2. The third kappa shape index (κ3) is 2.99. The molecule has 0 aromatic heterocycles. The molecular weight excluding hydrogens is 136 g/mol. The zero-order valence-corrected chi connectivity index (χ0v) is 5.59. The first-order valence-corrected chi connectivity index (χ1v) is 2.61. The Morgan fingerprint density at radius 3 is 2.40 bits per heavy atom. The van der Waals surface area contributed by atoms with E-state index >= 15 is 0 Å². The Morgan fingerprint density at radius 1 is 1.60 bits per heavy atom. The maximum absolute atomic E-state index is 10.6. The summed E-state index contributed by atoms with van der Waals surface area (Å²) in [6.07, 6.45) is -0.278. The van der Waals surface area contributed by atoms with Gasteiger partial charge < -0.3 is 4.89 Å². The molecule has 0 saturated carbocycles. The van der Waals surface area contributed by atoms with Crippen LogP contribution < -0.4 is 0 Å². The molecule has 0 aliphatic carbocycles. The Morgan fingerprint density at radius 2 is 2.10 bits per heavy atom. The second-order valence-corrected chi connectivity index (χ2v) is 1.82. The summed E-state index contributed by atoms with van der Waals surface area (Å²) in [4.78, 5) is 24.4. The standard InChI is InChI=1S/C6H8O4/c1-4(7)3-6(8)5(2)10-9/h9H,2-3H2,1H3. The molecule has 0 saturated heterocycles. The predicted molar refractivity (Wildman–Crippen MR) is 33.2 cm³/mol. The van der Waals surface area contributed by atoms with Crippen LogP contribution >= 0.6 is 0 Å². The minimum Gasteiger partial charge on any atom is -0.337 e. The molecule has 1 N–H and O–H groups in total. The van der Waals surface area contributed by atoms with Gasteiger partial charge in [0, 0.05) is 0 Å². The molecule has 4 nitrogen and oxygen atoms in total. The molecule has 0 rings (SSSR count). The smallest absolute Gasteiger partial charge is 0.208 e. The quantitative estimate of drug-likeness (QED) is 0.205. The normalized spacial score (nSPS) is 8.60. The van der Waals surface area contributed by atoms with Crippen LogP contribution in [0.4, 0.5) is 0 Å². The van der Waals surface area contributed by atoms with Gasteiger partial charge in [-0.2, -0.15) is 0 Å². The molecule has 0 aromatic rings. The fourth-order valence-corrected chi connectivity index (χ4v) is 0.376. The highest BCUT2D eigenvalue weighted by molar-refractivity contribution is 6.05. The van der Waals surface area contributed by atoms with Gasteiger partial charge in [-0.25, -0.2) is 5.26 Å². The van der Waals surface area contributed by atoms with Crippen LogP contribution in [-0.2, 0) is 14.5 Å². The van der Waals surface area contributed by atoms with Crippen molar-refractivity contribution >= 4 is 11.6 Å². The van der Waals surface area contributed by atoms with Gasteiger partial charge in [-0.15, -0.1) is 0 Å². The molecule has 0 aliphatic rings. The van der Waals surface area contributed by atoms with Gasteiger partial charge in [-0.1, -0.05) is 0 Å². The molecule has 0 bridgehead atoms. The highest BCUT2D eigenvalue weighted by atomic mass is 17.1. The van der Waals surface area contributed by atoms with E-state index in [1.54, 1.807) is 0 Å². The largest absolute Gasteiger partial charge is 0.337 e. The fraction of sp³-hybridized carbons (Fsp3) is 0.333. The van der Waals surface area contributed by atoms with Gasteiger partial charge in [0.25, 0.3) is 0 Å². The van der Waals surface area contributed by atoms with E-state index in [9.17, 15) is 9.59 Å². The molecule has 4 heteroatoms. The van der Waals surface area contributed by atoms with Gasteiger partial charge in [0.1, 0.15) is 5.78 Å². The molecule has 0 aliphatic heterocycles. The van der Waals surface area contributed by atoms with E-state index in [1.807, 2.05) is 0 Å². The van der Waals surface area contributed by atoms with Crippen molar-refractivity contribution in [3.8, 4) is 0 Å². The topological polar surface area (TPSA) is 63.6 Å². The summed E-state index contributed by atoms with van der Waals surface area (Å²) in [5.41, 5.74) is 0. The van der Waals surface area contributed by atoms with Crippen LogP contribution in [0.25, 0.3) is 0 Å². The predicted octanol–water partition coefficient (Wildman–Crippen LogP) is 0.538. The van der Waals surface area contributed by atoms with Crippen LogP contribution in [0, 0.1) is 0 Å². The highest BCUT2D eigenvalue weighted by Crippen LogP contribution is 1.97. The van der Waals surface area contributed by atoms with Gasteiger partial charge in [0.15, 0.2) is 0 Å². The van der Waals surface area contributed by atoms with Gasteiger partial charge in [0.2, 0.25) is 11.5 Å². The summed E-state index contributed by atoms with van der Waals surface area (Å²) in [6.45, 7) is 4.32. The second kappa shape index (κ2) is 3.79. The van der Waals surface area contributed by atoms with E-state index in [0.29, 0.717) is 0 Å². The molecule has 10 heavy (non-hydrogen) atoms. The van der Waals surface area contributed by atoms with E-state index in [4.69, 9.17) is 5.26 Å². The molecule has 0 fully saturated rings. The zero-order valence-electron chi connectivity index (χ0n) is 5.59. The number of hydrogen-bond donors (Lipinski definition) is 1. The Bertz CT molecular complexity index is 171. The molecule has 0 aromatic carbocycles. The van der Waals surface area contributed by atoms with Crippen molar-refractivity contribution in [1.82, 2.24) is 0 Å². The van der Waals surface area contributed by atoms with E-state index < -0.39 is 11.5 Å². The monoisotopic (exact) mass is 144 g/mol. The van der Waals surface area contributed by atoms with E-state index in [-0.39, 0.29) is 12.2 Å². The van der Waals surface area contributed by atoms with E-state index in [2.05, 4.69) is 11.5 Å². The van der Waals surface area contributed by atoms with Crippen LogP contribution in [0.15, 0.2) is 12.3 Å². The molecule has 0 unspecified atom stereocenters. The highest BCUT2D eigenvalue weighted by Gasteiger charge is 2.10. The van der Waals surface area contributed by atoms with Crippen LogP contribution in [0.2, 0.25) is 0 Å². The summed E-state index contributed by atoms with van der Waals surface area (Å²) < 4.78 is 0. The molecule has 0 atom stereocenters. The first kappa shape index (κ1) is 8.84. The lowest BCUT2D eigenvalue weighted by Gasteiger charge is -1.96. The number of carbonyl (C=O) groups excluding carboxylic acids is 2. The van der Waals surface area contributed by atoms with Crippen LogP contribution in [0.1, 0.15) is 13.3 Å². The maximum Gasteiger partial charge on any atom is 0.208 e. The lowest BCUT2D eigenvalue weighted by molar-refractivity contribution is -0.204. The number of allylic oxidation sites excluding steroid dienone is 1. The fourth-order valence-electron chi connectivity index (χ4n) is 0.376. The molecule has 0 radical (unpaired) electrons. The average Bonchev–Trinajstić information content (AvgIpc) is 1.85. The van der Waals surface area contributed by atoms with Crippen molar-refractivity contribution in [1.29, 1.82) is 0 Å². The third-order valence-electron chi connectivity index (χ3n) is 0.831. The summed E-state index contributed by atoms with van der Waals surface area (Å²) in [7, 11) is 0. The number of hydrogen-bond acceptors (Lipinski definition) is 4. The van der Waals surface area contributed by atoms with Crippen molar-refractivity contribution < 1.29 is 19.7 Å². The number of rotatable bonds is 4. The summed E-state index contributed by atoms with van der Waals surface area (Å²) >= 11 is 0. The molecule has 0 spiro atoms. The van der Waals surface area contributed by atoms with Crippen molar-refractivity contribution in [2.24, 2.45) is 0 Å². The number of carbonyl (C=O) groups is 2. The van der Waals surface area contributed by atoms with Crippen molar-refractivity contribution in [3.05, 3.63) is 12.3 Å². The summed E-state index contributed by atoms with van der Waals surface area (Å²) in [5, 5.41) is 7.89. The Labute approximate surface area is 58.0 Å². The maximum atomic E-state index is 10.6. The number of ketones is 2. The molecule has 0 heterocycles. The number of Topliss-reactive ketones (excluding diaryl/α,β-unsaturated/α-hetero) is 2. The minimum atomic E-state index is -0.602. The Kier molecular flexibility index (Phi) is 3.35. The van der Waals surface area contributed by atoms with Crippen molar-refractivity contribution in [3.63, 3.8) is 0 Å². The van der Waals surface area contributed by atoms with E-state index in [0.717, 1.165) is 0 Å². The average molecular weight is 144 g/mol. The second-order valence-electron chi connectivity index (χ2n) is 1.82. The van der Waals surface area contributed by atoms with Crippen LogP contribution in [0.5, 0.6) is 0 Å². The van der Waals surface area contributed by atoms with Crippen molar-refractivity contribution in [2.45, 2.75) is 13.3 Å². The van der Waals surface area contributed by atoms with Gasteiger partial charge in [-0.3, -0.25) is 9.59 Å². The van der Waals surface area contributed by atoms with Crippen LogP contribution in [0.3, 0.4) is 0 Å². The zero-order chi connectivity index (χ0) is 8.15. The Hall–Kier alpha value is -1.16. The SMILES string of the molecule is C=C(OO)C(=O)CC(C)=O. The van der Waals surface area contributed by atoms with Gasteiger partial charge in [-0.05, 0) is 13.5 Å². The lowest BCUT2D eigenvalue weighted by Crippen LogP contribution is -2.07. The van der Waals surface area contributed by atoms with Gasteiger partial charge >= 0.3 is 0 Å². The van der Waals surface area contributed by atoms with Gasteiger partial charge in [0.05, 0.1) is 6.42 Å². The summed E-state index contributed by atoms with van der Waals surface area (Å²) in [5.74, 6) is -1.30. The molecular formula is C6H8O4. The first-order valence-electron chi connectivity index (χ1n) is 2.61.